The molecule has 0 aliphatic rings. The van der Waals surface area contributed by atoms with Gasteiger partial charge in [0.15, 0.2) is 5.65 Å². The van der Waals surface area contributed by atoms with E-state index in [9.17, 15) is 0 Å². The molecule has 0 radical (unpaired) electrons. The minimum atomic E-state index is 0.204. The fourth-order valence-electron chi connectivity index (χ4n) is 2.07. The van der Waals surface area contributed by atoms with E-state index >= 15 is 0 Å². The van der Waals surface area contributed by atoms with E-state index in [-0.39, 0.29) is 5.88 Å². The van der Waals surface area contributed by atoms with Crippen LogP contribution in [0.15, 0.2) is 30.5 Å². The minimum absolute atomic E-state index is 0.204. The molecule has 6 nitrogen and oxygen atoms in total. The van der Waals surface area contributed by atoms with Crippen molar-refractivity contribution in [3.8, 4) is 17.3 Å². The summed E-state index contributed by atoms with van der Waals surface area (Å²) in [5, 5.41) is 5.09. The molecule has 3 rings (SSSR count). The maximum absolute atomic E-state index is 5.84. The lowest BCUT2D eigenvalue weighted by atomic mass is 10.3. The van der Waals surface area contributed by atoms with E-state index < -0.39 is 0 Å². The van der Waals surface area contributed by atoms with Crippen LogP contribution in [0.25, 0.3) is 16.7 Å². The second-order valence-corrected chi connectivity index (χ2v) is 4.55. The topological polar surface area (TPSA) is 62.1 Å². The van der Waals surface area contributed by atoms with Gasteiger partial charge in [-0.15, -0.1) is 11.6 Å². The van der Waals surface area contributed by atoms with Gasteiger partial charge < -0.3 is 9.47 Å². The quantitative estimate of drug-likeness (QED) is 0.693. The largest absolute Gasteiger partial charge is 0.497 e. The van der Waals surface area contributed by atoms with E-state index in [0.29, 0.717) is 17.4 Å². The average Bonchev–Trinajstić information content (AvgIpc) is 2.97. The molecule has 0 saturated heterocycles. The summed E-state index contributed by atoms with van der Waals surface area (Å²) in [6, 6.07) is 7.56. The Morgan fingerprint density at radius 3 is 2.76 bits per heavy atom. The SMILES string of the molecule is COc1cccc(-n2ncc3c(OC)nc(CCl)nc32)c1. The molecule has 0 bridgehead atoms. The van der Waals surface area contributed by atoms with Gasteiger partial charge in [0.05, 0.1) is 32.0 Å². The highest BCUT2D eigenvalue weighted by Gasteiger charge is 2.14. The van der Waals surface area contributed by atoms with E-state index in [2.05, 4.69) is 15.1 Å². The second-order valence-electron chi connectivity index (χ2n) is 4.28. The van der Waals surface area contributed by atoms with E-state index in [0.717, 1.165) is 16.8 Å². The van der Waals surface area contributed by atoms with Crippen molar-refractivity contribution in [2.45, 2.75) is 5.88 Å². The Labute approximate surface area is 126 Å². The minimum Gasteiger partial charge on any atom is -0.497 e. The maximum Gasteiger partial charge on any atom is 0.227 e. The van der Waals surface area contributed by atoms with Crippen LogP contribution in [0.3, 0.4) is 0 Å². The molecule has 0 spiro atoms. The molecule has 0 N–H and O–H groups in total. The molecule has 3 aromatic rings. The predicted octanol–water partition coefficient (Wildman–Crippen LogP) is 2.57. The molecule has 7 heteroatoms. The Hall–Kier alpha value is -2.34. The Morgan fingerprint density at radius 1 is 1.19 bits per heavy atom. The van der Waals surface area contributed by atoms with E-state index in [4.69, 9.17) is 21.1 Å². The van der Waals surface area contributed by atoms with Gasteiger partial charge in [0.1, 0.15) is 17.0 Å². The first-order valence-corrected chi connectivity index (χ1v) is 6.79. The monoisotopic (exact) mass is 304 g/mol. The van der Waals surface area contributed by atoms with Crippen molar-refractivity contribution >= 4 is 22.6 Å². The van der Waals surface area contributed by atoms with Crippen molar-refractivity contribution in [1.82, 2.24) is 19.7 Å². The first-order chi connectivity index (χ1) is 10.3. The summed E-state index contributed by atoms with van der Waals surface area (Å²) in [6.45, 7) is 0. The van der Waals surface area contributed by atoms with Crippen molar-refractivity contribution in [1.29, 1.82) is 0 Å². The molecule has 0 amide bonds. The Bertz CT molecular complexity index is 788. The lowest BCUT2D eigenvalue weighted by molar-refractivity contribution is 0.401. The third-order valence-electron chi connectivity index (χ3n) is 3.05. The smallest absolute Gasteiger partial charge is 0.227 e. The summed E-state index contributed by atoms with van der Waals surface area (Å²) in [5.74, 6) is 1.90. The molecule has 0 aliphatic carbocycles. The lowest BCUT2D eigenvalue weighted by Crippen LogP contribution is -2.02. The van der Waals surface area contributed by atoms with Gasteiger partial charge in [-0.3, -0.25) is 0 Å². The number of ether oxygens (including phenoxy) is 2. The Kier molecular flexibility index (Phi) is 3.62. The molecule has 2 aromatic heterocycles. The molecular weight excluding hydrogens is 292 g/mol. The molecule has 21 heavy (non-hydrogen) atoms. The zero-order chi connectivity index (χ0) is 14.8. The van der Waals surface area contributed by atoms with Gasteiger partial charge in [0, 0.05) is 6.07 Å². The molecule has 0 aliphatic heterocycles. The van der Waals surface area contributed by atoms with Gasteiger partial charge in [-0.1, -0.05) is 6.07 Å². The third kappa shape index (κ3) is 2.38. The van der Waals surface area contributed by atoms with Gasteiger partial charge in [0.2, 0.25) is 5.88 Å². The average molecular weight is 305 g/mol. The predicted molar refractivity (Wildman–Crippen MR) is 79.3 cm³/mol. The van der Waals surface area contributed by atoms with Gasteiger partial charge in [-0.25, -0.2) is 9.67 Å². The zero-order valence-electron chi connectivity index (χ0n) is 11.6. The highest BCUT2D eigenvalue weighted by molar-refractivity contribution is 6.16. The van der Waals surface area contributed by atoms with Crippen molar-refractivity contribution < 1.29 is 9.47 Å². The van der Waals surface area contributed by atoms with Gasteiger partial charge in [-0.2, -0.15) is 10.1 Å². The third-order valence-corrected chi connectivity index (χ3v) is 3.29. The van der Waals surface area contributed by atoms with Crippen LogP contribution in [0, 0.1) is 0 Å². The number of nitrogens with zero attached hydrogens (tertiary/aromatic N) is 4. The Morgan fingerprint density at radius 2 is 2.05 bits per heavy atom. The summed E-state index contributed by atoms with van der Waals surface area (Å²) in [7, 11) is 3.18. The molecular formula is C14H13ClN4O2. The first kappa shape index (κ1) is 13.6. The number of hydrogen-bond acceptors (Lipinski definition) is 5. The molecule has 1 aromatic carbocycles. The molecule has 108 valence electrons. The summed E-state index contributed by atoms with van der Waals surface area (Å²) in [4.78, 5) is 8.67. The van der Waals surface area contributed by atoms with E-state index in [1.54, 1.807) is 25.1 Å². The van der Waals surface area contributed by atoms with Crippen LogP contribution in [0.2, 0.25) is 0 Å². The van der Waals surface area contributed by atoms with Crippen molar-refractivity contribution in [3.63, 3.8) is 0 Å². The van der Waals surface area contributed by atoms with Crippen LogP contribution in [0.1, 0.15) is 5.82 Å². The van der Waals surface area contributed by atoms with E-state index in [1.807, 2.05) is 24.3 Å². The van der Waals surface area contributed by atoms with Crippen LogP contribution < -0.4 is 9.47 Å². The number of fused-ring (bicyclic) bond motifs is 1. The van der Waals surface area contributed by atoms with Crippen molar-refractivity contribution in [3.05, 3.63) is 36.3 Å². The molecule has 0 unspecified atom stereocenters. The normalized spacial score (nSPS) is 10.8. The summed E-state index contributed by atoms with van der Waals surface area (Å²) < 4.78 is 12.2. The number of halogens is 1. The fourth-order valence-corrected chi connectivity index (χ4v) is 2.19. The Balaban J connectivity index is 2.23. The molecule has 0 fully saturated rings. The molecule has 0 atom stereocenters. The standard InChI is InChI=1S/C14H13ClN4O2/c1-20-10-5-3-4-9(6-10)19-13-11(8-16-19)14(21-2)18-12(7-15)17-13/h3-6,8H,7H2,1-2H3. The van der Waals surface area contributed by atoms with Crippen LogP contribution in [0.4, 0.5) is 0 Å². The first-order valence-electron chi connectivity index (χ1n) is 6.26. The number of hydrogen-bond donors (Lipinski definition) is 0. The van der Waals surface area contributed by atoms with Gasteiger partial charge in [-0.05, 0) is 12.1 Å². The second kappa shape index (κ2) is 5.57. The zero-order valence-corrected chi connectivity index (χ0v) is 12.3. The van der Waals surface area contributed by atoms with Gasteiger partial charge in [0.25, 0.3) is 0 Å². The van der Waals surface area contributed by atoms with Crippen LogP contribution >= 0.6 is 11.6 Å². The van der Waals surface area contributed by atoms with Crippen LogP contribution in [-0.4, -0.2) is 34.0 Å². The van der Waals surface area contributed by atoms with Gasteiger partial charge >= 0.3 is 0 Å². The van der Waals surface area contributed by atoms with Crippen LogP contribution in [-0.2, 0) is 5.88 Å². The molecule has 2 heterocycles. The number of alkyl halides is 1. The number of methoxy groups -OCH3 is 2. The highest BCUT2D eigenvalue weighted by Crippen LogP contribution is 2.25. The van der Waals surface area contributed by atoms with Crippen LogP contribution in [0.5, 0.6) is 11.6 Å². The maximum atomic E-state index is 5.84. The lowest BCUT2D eigenvalue weighted by Gasteiger charge is -2.07. The summed E-state index contributed by atoms with van der Waals surface area (Å²) >= 11 is 5.84. The molecule has 0 saturated carbocycles. The number of rotatable bonds is 4. The van der Waals surface area contributed by atoms with E-state index in [1.165, 1.54) is 0 Å². The number of benzene rings is 1. The highest BCUT2D eigenvalue weighted by atomic mass is 35.5. The summed E-state index contributed by atoms with van der Waals surface area (Å²) in [6.07, 6.45) is 1.67. The summed E-state index contributed by atoms with van der Waals surface area (Å²) in [5.41, 5.74) is 1.48. The fraction of sp³-hybridized carbons (Fsp3) is 0.214. The van der Waals surface area contributed by atoms with Crippen molar-refractivity contribution in [2.24, 2.45) is 0 Å². The number of aromatic nitrogens is 4. The van der Waals surface area contributed by atoms with Crippen molar-refractivity contribution in [2.75, 3.05) is 14.2 Å².